The van der Waals surface area contributed by atoms with Gasteiger partial charge in [-0.05, 0) is 50.6 Å². The van der Waals surface area contributed by atoms with Gasteiger partial charge in [0.2, 0.25) is 0 Å². The number of aromatic nitrogens is 2. The smallest absolute Gasteiger partial charge is 0.358 e. The summed E-state index contributed by atoms with van der Waals surface area (Å²) in [5.41, 5.74) is 2.37. The molecule has 3 heterocycles. The van der Waals surface area contributed by atoms with Crippen molar-refractivity contribution in [2.45, 2.75) is 25.7 Å². The lowest BCUT2D eigenvalue weighted by atomic mass is 9.97. The lowest BCUT2D eigenvalue weighted by Gasteiger charge is -2.21. The van der Waals surface area contributed by atoms with Gasteiger partial charge in [0.05, 0.1) is 12.6 Å². The highest BCUT2D eigenvalue weighted by atomic mass is 16.5. The van der Waals surface area contributed by atoms with Crippen LogP contribution in [0.1, 0.15) is 40.6 Å². The highest BCUT2D eigenvalue weighted by Crippen LogP contribution is 2.27. The molecular formula is C15H19N3O2. The Balaban J connectivity index is 2.14. The van der Waals surface area contributed by atoms with Crippen LogP contribution in [0.5, 0.6) is 0 Å². The number of hydrogen-bond donors (Lipinski definition) is 1. The summed E-state index contributed by atoms with van der Waals surface area (Å²) in [6, 6.07) is 4.03. The van der Waals surface area contributed by atoms with Crippen molar-refractivity contribution >= 4 is 11.5 Å². The molecule has 1 saturated heterocycles. The number of piperidine rings is 1. The van der Waals surface area contributed by atoms with Crippen molar-refractivity contribution in [1.82, 2.24) is 14.7 Å². The van der Waals surface area contributed by atoms with Gasteiger partial charge < -0.3 is 14.5 Å². The van der Waals surface area contributed by atoms with Crippen LogP contribution >= 0.6 is 0 Å². The van der Waals surface area contributed by atoms with E-state index in [1.165, 1.54) is 7.11 Å². The fourth-order valence-corrected chi connectivity index (χ4v) is 2.83. The first-order valence-corrected chi connectivity index (χ1v) is 6.98. The summed E-state index contributed by atoms with van der Waals surface area (Å²) < 4.78 is 6.89. The van der Waals surface area contributed by atoms with Gasteiger partial charge in [0, 0.05) is 12.1 Å². The average Bonchev–Trinajstić information content (AvgIpc) is 2.86. The highest BCUT2D eigenvalue weighted by molar-refractivity contribution is 5.95. The second-order valence-electron chi connectivity index (χ2n) is 5.29. The fraction of sp³-hybridized carbons (Fsp3) is 0.467. The molecule has 0 aliphatic carbocycles. The normalized spacial score (nSPS) is 16.5. The van der Waals surface area contributed by atoms with Crippen molar-refractivity contribution < 1.29 is 9.53 Å². The van der Waals surface area contributed by atoms with Crippen molar-refractivity contribution in [3.8, 4) is 0 Å². The molecule has 0 aromatic carbocycles. The summed E-state index contributed by atoms with van der Waals surface area (Å²) in [5, 5.41) is 3.35. The van der Waals surface area contributed by atoms with Crippen LogP contribution in [-0.2, 0) is 4.74 Å². The number of ether oxygens (including phenoxy) is 1. The van der Waals surface area contributed by atoms with Gasteiger partial charge in [-0.1, -0.05) is 0 Å². The standard InChI is InChI=1S/C15H19N3O2/c1-10-5-8-18-12(9-10)13(15(19)20-2)17-14(18)11-3-6-16-7-4-11/h5,8-9,11,16H,3-4,6-7H2,1-2H3. The number of aryl methyl sites for hydroxylation is 1. The molecule has 0 unspecified atom stereocenters. The van der Waals surface area contributed by atoms with E-state index in [0.717, 1.165) is 42.8 Å². The number of carbonyl (C=O) groups excluding carboxylic acids is 1. The number of pyridine rings is 1. The third-order valence-electron chi connectivity index (χ3n) is 3.91. The lowest BCUT2D eigenvalue weighted by Crippen LogP contribution is -2.27. The molecule has 2 aromatic heterocycles. The maximum Gasteiger partial charge on any atom is 0.358 e. The van der Waals surface area contributed by atoms with E-state index in [0.29, 0.717) is 11.6 Å². The number of nitrogens with one attached hydrogen (secondary N) is 1. The van der Waals surface area contributed by atoms with Crippen LogP contribution in [0.25, 0.3) is 5.52 Å². The Morgan fingerprint density at radius 2 is 2.20 bits per heavy atom. The predicted molar refractivity (Wildman–Crippen MR) is 76.1 cm³/mol. The minimum absolute atomic E-state index is 0.367. The maximum atomic E-state index is 11.9. The van der Waals surface area contributed by atoms with E-state index in [1.54, 1.807) is 0 Å². The van der Waals surface area contributed by atoms with Crippen LogP contribution in [0.15, 0.2) is 18.3 Å². The molecule has 0 bridgehead atoms. The monoisotopic (exact) mass is 273 g/mol. The summed E-state index contributed by atoms with van der Waals surface area (Å²) in [7, 11) is 1.40. The summed E-state index contributed by atoms with van der Waals surface area (Å²) in [5.74, 6) is 1.00. The predicted octanol–water partition coefficient (Wildman–Crippen LogP) is 1.90. The van der Waals surface area contributed by atoms with Crippen LogP contribution in [0, 0.1) is 6.92 Å². The van der Waals surface area contributed by atoms with E-state index < -0.39 is 0 Å². The largest absolute Gasteiger partial charge is 0.464 e. The van der Waals surface area contributed by atoms with Crippen LogP contribution in [0.3, 0.4) is 0 Å². The van der Waals surface area contributed by atoms with Crippen molar-refractivity contribution in [3.63, 3.8) is 0 Å². The maximum absolute atomic E-state index is 11.9. The lowest BCUT2D eigenvalue weighted by molar-refractivity contribution is 0.0596. The van der Waals surface area contributed by atoms with Gasteiger partial charge in [0.1, 0.15) is 5.82 Å². The zero-order chi connectivity index (χ0) is 14.1. The first-order valence-electron chi connectivity index (χ1n) is 6.98. The number of rotatable bonds is 2. The Kier molecular flexibility index (Phi) is 3.44. The van der Waals surface area contributed by atoms with Crippen LogP contribution in [-0.4, -0.2) is 35.6 Å². The molecule has 1 aliphatic heterocycles. The van der Waals surface area contributed by atoms with Crippen molar-refractivity contribution in [2.75, 3.05) is 20.2 Å². The van der Waals surface area contributed by atoms with Gasteiger partial charge in [0.15, 0.2) is 5.69 Å². The molecule has 5 nitrogen and oxygen atoms in total. The minimum atomic E-state index is -0.367. The van der Waals surface area contributed by atoms with E-state index in [9.17, 15) is 4.79 Å². The van der Waals surface area contributed by atoms with Gasteiger partial charge in [-0.15, -0.1) is 0 Å². The van der Waals surface area contributed by atoms with Gasteiger partial charge >= 0.3 is 5.97 Å². The number of hydrogen-bond acceptors (Lipinski definition) is 4. The number of fused-ring (bicyclic) bond motifs is 1. The molecule has 3 rings (SSSR count). The molecule has 0 spiro atoms. The molecule has 1 N–H and O–H groups in total. The summed E-state index contributed by atoms with van der Waals surface area (Å²) >= 11 is 0. The molecule has 0 saturated carbocycles. The molecule has 0 atom stereocenters. The average molecular weight is 273 g/mol. The highest BCUT2D eigenvalue weighted by Gasteiger charge is 2.24. The zero-order valence-electron chi connectivity index (χ0n) is 11.8. The number of nitrogens with zero attached hydrogens (tertiary/aromatic N) is 2. The van der Waals surface area contributed by atoms with E-state index in [2.05, 4.69) is 10.3 Å². The zero-order valence-corrected chi connectivity index (χ0v) is 11.8. The third-order valence-corrected chi connectivity index (χ3v) is 3.91. The fourth-order valence-electron chi connectivity index (χ4n) is 2.83. The molecule has 20 heavy (non-hydrogen) atoms. The van der Waals surface area contributed by atoms with E-state index in [1.807, 2.05) is 29.7 Å². The first kappa shape index (κ1) is 13.1. The second kappa shape index (κ2) is 5.25. The Hall–Kier alpha value is -1.88. The van der Waals surface area contributed by atoms with Gasteiger partial charge in [-0.3, -0.25) is 0 Å². The molecular weight excluding hydrogens is 254 g/mol. The quantitative estimate of drug-likeness (QED) is 0.849. The van der Waals surface area contributed by atoms with Crippen LogP contribution in [0.2, 0.25) is 0 Å². The van der Waals surface area contributed by atoms with Gasteiger partial charge in [0.25, 0.3) is 0 Å². The molecule has 0 amide bonds. The van der Waals surface area contributed by atoms with Crippen LogP contribution < -0.4 is 5.32 Å². The Bertz CT molecular complexity index is 642. The second-order valence-corrected chi connectivity index (χ2v) is 5.29. The number of esters is 1. The molecule has 0 radical (unpaired) electrons. The van der Waals surface area contributed by atoms with Crippen molar-refractivity contribution in [3.05, 3.63) is 35.4 Å². The van der Waals surface area contributed by atoms with Gasteiger partial charge in [-0.25, -0.2) is 9.78 Å². The van der Waals surface area contributed by atoms with Crippen LogP contribution in [0.4, 0.5) is 0 Å². The van der Waals surface area contributed by atoms with Crippen molar-refractivity contribution in [1.29, 1.82) is 0 Å². The third kappa shape index (κ3) is 2.18. The first-order chi connectivity index (χ1) is 9.70. The summed E-state index contributed by atoms with van der Waals surface area (Å²) in [6.07, 6.45) is 4.10. The van der Waals surface area contributed by atoms with E-state index >= 15 is 0 Å². The molecule has 1 aliphatic rings. The molecule has 5 heteroatoms. The van der Waals surface area contributed by atoms with E-state index in [4.69, 9.17) is 4.74 Å². The minimum Gasteiger partial charge on any atom is -0.464 e. The van der Waals surface area contributed by atoms with Gasteiger partial charge in [-0.2, -0.15) is 0 Å². The van der Waals surface area contributed by atoms with E-state index in [-0.39, 0.29) is 5.97 Å². The molecule has 106 valence electrons. The van der Waals surface area contributed by atoms with Crippen molar-refractivity contribution in [2.24, 2.45) is 0 Å². The SMILES string of the molecule is COC(=O)c1nc(C2CCNCC2)n2ccc(C)cc12. The molecule has 1 fully saturated rings. The Morgan fingerprint density at radius 3 is 2.90 bits per heavy atom. The molecule has 2 aromatic rings. The number of imidazole rings is 1. The Labute approximate surface area is 118 Å². The summed E-state index contributed by atoms with van der Waals surface area (Å²) in [4.78, 5) is 16.5. The number of carbonyl (C=O) groups is 1. The summed E-state index contributed by atoms with van der Waals surface area (Å²) in [6.45, 7) is 4.01. The Morgan fingerprint density at radius 1 is 1.45 bits per heavy atom. The number of methoxy groups -OCH3 is 1. The topological polar surface area (TPSA) is 55.6 Å².